The van der Waals surface area contributed by atoms with Gasteiger partial charge in [0.25, 0.3) is 0 Å². The summed E-state index contributed by atoms with van der Waals surface area (Å²) < 4.78 is 4.66. The van der Waals surface area contributed by atoms with Gasteiger partial charge in [-0.3, -0.25) is 14.6 Å². The maximum atomic E-state index is 12.4. The Kier molecular flexibility index (Phi) is 5.71. The average molecular weight is 388 g/mol. The van der Waals surface area contributed by atoms with Gasteiger partial charge in [0, 0.05) is 18.9 Å². The molecule has 1 saturated carbocycles. The third-order valence-electron chi connectivity index (χ3n) is 4.30. The highest BCUT2D eigenvalue weighted by Gasteiger charge is 2.48. The molecule has 3 rings (SSSR count). The topological polar surface area (TPSA) is 97.4 Å². The Morgan fingerprint density at radius 2 is 2.00 bits per heavy atom. The SMILES string of the molecule is COC(=O)c1ccc(Cl)c(NC(=O)C2CC2C(=O)NCc2cccnc2)c1. The van der Waals surface area contributed by atoms with Crippen molar-refractivity contribution in [3.05, 3.63) is 58.9 Å². The Morgan fingerprint density at radius 3 is 2.70 bits per heavy atom. The first kappa shape index (κ1) is 18.8. The molecule has 0 saturated heterocycles. The molecule has 0 aliphatic heterocycles. The number of halogens is 1. The summed E-state index contributed by atoms with van der Waals surface area (Å²) in [6.45, 7) is 0.366. The van der Waals surface area contributed by atoms with Gasteiger partial charge in [0.2, 0.25) is 11.8 Å². The highest BCUT2D eigenvalue weighted by Crippen LogP contribution is 2.40. The number of hydrogen-bond donors (Lipinski definition) is 2. The number of nitrogens with one attached hydrogen (secondary N) is 2. The number of hydrogen-bond acceptors (Lipinski definition) is 5. The molecule has 1 heterocycles. The number of methoxy groups -OCH3 is 1. The summed E-state index contributed by atoms with van der Waals surface area (Å²) in [6.07, 6.45) is 3.81. The molecule has 2 atom stereocenters. The number of esters is 1. The van der Waals surface area contributed by atoms with Crippen LogP contribution in [0.4, 0.5) is 5.69 Å². The lowest BCUT2D eigenvalue weighted by molar-refractivity contribution is -0.125. The van der Waals surface area contributed by atoms with E-state index in [0.29, 0.717) is 23.7 Å². The van der Waals surface area contributed by atoms with Gasteiger partial charge >= 0.3 is 5.97 Å². The van der Waals surface area contributed by atoms with Crippen LogP contribution in [0.25, 0.3) is 0 Å². The van der Waals surface area contributed by atoms with E-state index in [9.17, 15) is 14.4 Å². The lowest BCUT2D eigenvalue weighted by atomic mass is 10.2. The fourth-order valence-corrected chi connectivity index (χ4v) is 2.85. The first-order valence-corrected chi connectivity index (χ1v) is 8.72. The van der Waals surface area contributed by atoms with Crippen molar-refractivity contribution < 1.29 is 19.1 Å². The molecule has 0 spiro atoms. The Hall–Kier alpha value is -2.93. The fraction of sp³-hybridized carbons (Fsp3) is 0.263. The highest BCUT2D eigenvalue weighted by atomic mass is 35.5. The van der Waals surface area contributed by atoms with Gasteiger partial charge in [-0.05, 0) is 36.2 Å². The minimum Gasteiger partial charge on any atom is -0.465 e. The molecule has 1 aromatic heterocycles. The van der Waals surface area contributed by atoms with Crippen molar-refractivity contribution in [3.8, 4) is 0 Å². The largest absolute Gasteiger partial charge is 0.465 e. The Morgan fingerprint density at radius 1 is 1.22 bits per heavy atom. The van der Waals surface area contributed by atoms with Gasteiger partial charge in [-0.1, -0.05) is 17.7 Å². The van der Waals surface area contributed by atoms with E-state index in [4.69, 9.17) is 11.6 Å². The zero-order chi connectivity index (χ0) is 19.4. The molecule has 1 aliphatic carbocycles. The number of carbonyl (C=O) groups excluding carboxylic acids is 3. The molecule has 2 amide bonds. The predicted molar refractivity (Wildman–Crippen MR) is 99.1 cm³/mol. The molecule has 0 radical (unpaired) electrons. The second-order valence-corrected chi connectivity index (χ2v) is 6.61. The quantitative estimate of drug-likeness (QED) is 0.742. The van der Waals surface area contributed by atoms with Crippen LogP contribution in [0.5, 0.6) is 0 Å². The summed E-state index contributed by atoms with van der Waals surface area (Å²) >= 11 is 6.08. The molecule has 1 fully saturated rings. The molecule has 1 aliphatic rings. The van der Waals surface area contributed by atoms with Gasteiger partial charge in [0.15, 0.2) is 0 Å². The van der Waals surface area contributed by atoms with Crippen molar-refractivity contribution >= 4 is 35.1 Å². The zero-order valence-electron chi connectivity index (χ0n) is 14.6. The minimum atomic E-state index is -0.527. The average Bonchev–Trinajstić information content (AvgIpc) is 3.49. The minimum absolute atomic E-state index is 0.173. The van der Waals surface area contributed by atoms with Crippen LogP contribution in [0.15, 0.2) is 42.7 Å². The van der Waals surface area contributed by atoms with Crippen LogP contribution in [-0.4, -0.2) is 29.9 Å². The van der Waals surface area contributed by atoms with Crippen molar-refractivity contribution in [2.45, 2.75) is 13.0 Å². The summed E-state index contributed by atoms with van der Waals surface area (Å²) in [5.41, 5.74) is 1.48. The number of nitrogens with zero attached hydrogens (tertiary/aromatic N) is 1. The smallest absolute Gasteiger partial charge is 0.337 e. The van der Waals surface area contributed by atoms with E-state index >= 15 is 0 Å². The first-order valence-electron chi connectivity index (χ1n) is 8.35. The third-order valence-corrected chi connectivity index (χ3v) is 4.63. The Labute approximate surface area is 161 Å². The standard InChI is InChI=1S/C19H18ClN3O4/c1-27-19(26)12-4-5-15(20)16(7-12)23-18(25)14-8-13(14)17(24)22-10-11-3-2-6-21-9-11/h2-7,9,13-14H,8,10H2,1H3,(H,22,24)(H,23,25). The van der Waals surface area contributed by atoms with E-state index < -0.39 is 11.9 Å². The molecule has 8 heteroatoms. The number of pyridine rings is 1. The van der Waals surface area contributed by atoms with E-state index in [0.717, 1.165) is 5.56 Å². The van der Waals surface area contributed by atoms with Gasteiger partial charge < -0.3 is 15.4 Å². The Bertz CT molecular complexity index is 873. The molecule has 2 unspecified atom stereocenters. The summed E-state index contributed by atoms with van der Waals surface area (Å²) in [5, 5.41) is 5.79. The van der Waals surface area contributed by atoms with E-state index in [-0.39, 0.29) is 23.3 Å². The maximum Gasteiger partial charge on any atom is 0.337 e. The van der Waals surface area contributed by atoms with Crippen molar-refractivity contribution in [1.29, 1.82) is 0 Å². The number of aromatic nitrogens is 1. The number of rotatable bonds is 6. The number of benzene rings is 1. The summed E-state index contributed by atoms with van der Waals surface area (Å²) in [4.78, 5) is 40.2. The van der Waals surface area contributed by atoms with E-state index in [1.165, 1.54) is 25.3 Å². The van der Waals surface area contributed by atoms with E-state index in [1.54, 1.807) is 18.5 Å². The van der Waals surface area contributed by atoms with Gasteiger partial charge in [-0.15, -0.1) is 0 Å². The number of amides is 2. The van der Waals surface area contributed by atoms with E-state index in [2.05, 4.69) is 20.4 Å². The number of anilines is 1. The van der Waals surface area contributed by atoms with Crippen molar-refractivity contribution in [3.63, 3.8) is 0 Å². The molecule has 140 valence electrons. The fourth-order valence-electron chi connectivity index (χ4n) is 2.69. The van der Waals surface area contributed by atoms with Gasteiger partial charge in [0.05, 0.1) is 35.2 Å². The van der Waals surface area contributed by atoms with Crippen LogP contribution in [0, 0.1) is 11.8 Å². The normalized spacial score (nSPS) is 17.7. The molecule has 2 N–H and O–H groups in total. The monoisotopic (exact) mass is 387 g/mol. The summed E-state index contributed by atoms with van der Waals surface area (Å²) in [6, 6.07) is 8.12. The number of carbonyl (C=O) groups is 3. The van der Waals surface area contributed by atoms with Crippen molar-refractivity contribution in [1.82, 2.24) is 10.3 Å². The van der Waals surface area contributed by atoms with Crippen LogP contribution >= 0.6 is 11.6 Å². The maximum absolute atomic E-state index is 12.4. The molecular weight excluding hydrogens is 370 g/mol. The molecule has 2 aromatic rings. The molecule has 27 heavy (non-hydrogen) atoms. The molecular formula is C19H18ClN3O4. The Balaban J connectivity index is 1.55. The molecule has 0 bridgehead atoms. The first-order chi connectivity index (χ1) is 13.0. The molecule has 1 aromatic carbocycles. The van der Waals surface area contributed by atoms with Crippen LogP contribution < -0.4 is 10.6 Å². The zero-order valence-corrected chi connectivity index (χ0v) is 15.3. The highest BCUT2D eigenvalue weighted by molar-refractivity contribution is 6.34. The molecule has 7 nitrogen and oxygen atoms in total. The van der Waals surface area contributed by atoms with Crippen molar-refractivity contribution in [2.75, 3.05) is 12.4 Å². The third kappa shape index (κ3) is 4.62. The van der Waals surface area contributed by atoms with Gasteiger partial charge in [-0.25, -0.2) is 4.79 Å². The summed E-state index contributed by atoms with van der Waals surface area (Å²) in [7, 11) is 1.27. The van der Waals surface area contributed by atoms with Gasteiger partial charge in [0.1, 0.15) is 0 Å². The lowest BCUT2D eigenvalue weighted by Gasteiger charge is -2.09. The predicted octanol–water partition coefficient (Wildman–Crippen LogP) is 2.41. The second kappa shape index (κ2) is 8.18. The summed E-state index contributed by atoms with van der Waals surface area (Å²) in [5.74, 6) is -1.80. The second-order valence-electron chi connectivity index (χ2n) is 6.20. The van der Waals surface area contributed by atoms with Gasteiger partial charge in [-0.2, -0.15) is 0 Å². The van der Waals surface area contributed by atoms with Crippen LogP contribution in [0.2, 0.25) is 5.02 Å². The van der Waals surface area contributed by atoms with Crippen molar-refractivity contribution in [2.24, 2.45) is 11.8 Å². The lowest BCUT2D eigenvalue weighted by Crippen LogP contribution is -2.27. The van der Waals surface area contributed by atoms with Crippen LogP contribution in [0.3, 0.4) is 0 Å². The van der Waals surface area contributed by atoms with Crippen LogP contribution in [-0.2, 0) is 20.9 Å². The van der Waals surface area contributed by atoms with E-state index in [1.807, 2.05) is 6.07 Å². The van der Waals surface area contributed by atoms with Crippen LogP contribution in [0.1, 0.15) is 22.3 Å². The number of ether oxygens (including phenoxy) is 1.